The first-order valence-corrected chi connectivity index (χ1v) is 7.59. The predicted molar refractivity (Wildman–Crippen MR) is 79.5 cm³/mol. The van der Waals surface area contributed by atoms with E-state index < -0.39 is 0 Å². The summed E-state index contributed by atoms with van der Waals surface area (Å²) >= 11 is 0. The first-order chi connectivity index (χ1) is 10.2. The van der Waals surface area contributed by atoms with Gasteiger partial charge in [0.2, 0.25) is 11.8 Å². The molecular formula is C16H21N3O2. The van der Waals surface area contributed by atoms with Gasteiger partial charge in [-0.1, -0.05) is 24.3 Å². The molecule has 1 atom stereocenters. The topological polar surface area (TPSA) is 70.2 Å². The van der Waals surface area contributed by atoms with E-state index in [1.54, 1.807) is 0 Å². The SMILES string of the molecule is O=C(NCCNC(=O)[C@H]1Cc2ccccc2CN1)C1CC1. The number of carbonyl (C=O) groups excluding carboxylic acids is 2. The van der Waals surface area contributed by atoms with Crippen molar-refractivity contribution in [2.45, 2.75) is 31.8 Å². The highest BCUT2D eigenvalue weighted by molar-refractivity contribution is 5.83. The Labute approximate surface area is 124 Å². The van der Waals surface area contributed by atoms with Crippen molar-refractivity contribution in [3.05, 3.63) is 35.4 Å². The van der Waals surface area contributed by atoms with Gasteiger partial charge in [0.1, 0.15) is 0 Å². The molecule has 2 amide bonds. The molecule has 3 N–H and O–H groups in total. The van der Waals surface area contributed by atoms with Crippen LogP contribution in [0.5, 0.6) is 0 Å². The highest BCUT2D eigenvalue weighted by atomic mass is 16.2. The number of hydrogen-bond acceptors (Lipinski definition) is 3. The van der Waals surface area contributed by atoms with Gasteiger partial charge in [0.25, 0.3) is 0 Å². The normalized spacial score (nSPS) is 20.5. The Hall–Kier alpha value is -1.88. The smallest absolute Gasteiger partial charge is 0.237 e. The van der Waals surface area contributed by atoms with Crippen molar-refractivity contribution >= 4 is 11.8 Å². The average molecular weight is 287 g/mol. The van der Waals surface area contributed by atoms with Crippen molar-refractivity contribution in [3.63, 3.8) is 0 Å². The monoisotopic (exact) mass is 287 g/mol. The molecular weight excluding hydrogens is 266 g/mol. The fourth-order valence-electron chi connectivity index (χ4n) is 2.62. The van der Waals surface area contributed by atoms with Crippen LogP contribution < -0.4 is 16.0 Å². The van der Waals surface area contributed by atoms with E-state index in [0.29, 0.717) is 13.1 Å². The summed E-state index contributed by atoms with van der Waals surface area (Å²) < 4.78 is 0. The first kappa shape index (κ1) is 14.1. The summed E-state index contributed by atoms with van der Waals surface area (Å²) in [5, 5.41) is 8.98. The maximum atomic E-state index is 12.1. The fourth-order valence-corrected chi connectivity index (χ4v) is 2.62. The van der Waals surface area contributed by atoms with Crippen molar-refractivity contribution in [3.8, 4) is 0 Å². The van der Waals surface area contributed by atoms with Gasteiger partial charge in [-0.15, -0.1) is 0 Å². The van der Waals surface area contributed by atoms with Gasteiger partial charge in [0.05, 0.1) is 6.04 Å². The van der Waals surface area contributed by atoms with Gasteiger partial charge < -0.3 is 16.0 Å². The van der Waals surface area contributed by atoms with Gasteiger partial charge in [-0.25, -0.2) is 0 Å². The molecule has 1 aromatic carbocycles. The molecule has 5 heteroatoms. The molecule has 1 aromatic rings. The number of rotatable bonds is 5. The summed E-state index contributed by atoms with van der Waals surface area (Å²) in [6, 6.07) is 8.01. The van der Waals surface area contributed by atoms with Crippen LogP contribution in [0, 0.1) is 5.92 Å². The van der Waals surface area contributed by atoms with E-state index in [-0.39, 0.29) is 23.8 Å². The Morgan fingerprint density at radius 3 is 2.43 bits per heavy atom. The van der Waals surface area contributed by atoms with E-state index in [1.807, 2.05) is 12.1 Å². The third kappa shape index (κ3) is 3.61. The molecule has 1 aliphatic carbocycles. The molecule has 0 aromatic heterocycles. The molecule has 0 radical (unpaired) electrons. The maximum Gasteiger partial charge on any atom is 0.237 e. The van der Waals surface area contributed by atoms with E-state index in [4.69, 9.17) is 0 Å². The second-order valence-corrected chi connectivity index (χ2v) is 5.76. The highest BCUT2D eigenvalue weighted by Crippen LogP contribution is 2.28. The van der Waals surface area contributed by atoms with Crippen LogP contribution in [0.1, 0.15) is 24.0 Å². The van der Waals surface area contributed by atoms with Crippen LogP contribution in [0.2, 0.25) is 0 Å². The molecule has 0 unspecified atom stereocenters. The minimum Gasteiger partial charge on any atom is -0.354 e. The minimum absolute atomic E-state index is 0.00479. The van der Waals surface area contributed by atoms with Crippen molar-refractivity contribution in [2.75, 3.05) is 13.1 Å². The molecule has 112 valence electrons. The van der Waals surface area contributed by atoms with Crippen LogP contribution in [0.25, 0.3) is 0 Å². The Morgan fingerprint density at radius 1 is 1.05 bits per heavy atom. The number of benzene rings is 1. The molecule has 2 aliphatic rings. The number of carbonyl (C=O) groups is 2. The third-order valence-electron chi connectivity index (χ3n) is 4.07. The lowest BCUT2D eigenvalue weighted by atomic mass is 9.95. The van der Waals surface area contributed by atoms with Crippen molar-refractivity contribution in [1.29, 1.82) is 0 Å². The zero-order valence-corrected chi connectivity index (χ0v) is 12.0. The van der Waals surface area contributed by atoms with Crippen molar-refractivity contribution < 1.29 is 9.59 Å². The molecule has 5 nitrogen and oxygen atoms in total. The summed E-state index contributed by atoms with van der Waals surface area (Å²) in [6.45, 7) is 1.72. The molecule has 0 saturated heterocycles. The van der Waals surface area contributed by atoms with Gasteiger partial charge in [-0.05, 0) is 30.4 Å². The lowest BCUT2D eigenvalue weighted by molar-refractivity contribution is -0.124. The average Bonchev–Trinajstić information content (AvgIpc) is 3.35. The summed E-state index contributed by atoms with van der Waals surface area (Å²) in [5.74, 6) is 0.344. The summed E-state index contributed by atoms with van der Waals surface area (Å²) in [6.07, 6.45) is 2.73. The van der Waals surface area contributed by atoms with Crippen LogP contribution in [-0.4, -0.2) is 30.9 Å². The summed E-state index contributed by atoms with van der Waals surface area (Å²) in [5.41, 5.74) is 2.50. The fraction of sp³-hybridized carbons (Fsp3) is 0.500. The molecule has 0 bridgehead atoms. The summed E-state index contributed by atoms with van der Waals surface area (Å²) in [7, 11) is 0. The summed E-state index contributed by atoms with van der Waals surface area (Å²) in [4.78, 5) is 23.6. The minimum atomic E-state index is -0.181. The molecule has 1 aliphatic heterocycles. The number of fused-ring (bicyclic) bond motifs is 1. The van der Waals surface area contributed by atoms with E-state index in [2.05, 4.69) is 28.1 Å². The third-order valence-corrected chi connectivity index (χ3v) is 4.07. The molecule has 1 heterocycles. The molecule has 1 fully saturated rings. The van der Waals surface area contributed by atoms with Gasteiger partial charge in [0, 0.05) is 25.6 Å². The van der Waals surface area contributed by atoms with E-state index >= 15 is 0 Å². The Kier molecular flexibility index (Phi) is 4.20. The molecule has 0 spiro atoms. The largest absolute Gasteiger partial charge is 0.354 e. The van der Waals surface area contributed by atoms with Gasteiger partial charge in [-0.2, -0.15) is 0 Å². The zero-order valence-electron chi connectivity index (χ0n) is 12.0. The highest BCUT2D eigenvalue weighted by Gasteiger charge is 2.29. The van der Waals surface area contributed by atoms with E-state index in [0.717, 1.165) is 25.8 Å². The van der Waals surface area contributed by atoms with Crippen LogP contribution in [0.15, 0.2) is 24.3 Å². The van der Waals surface area contributed by atoms with Crippen LogP contribution in [0.3, 0.4) is 0 Å². The second-order valence-electron chi connectivity index (χ2n) is 5.76. The maximum absolute atomic E-state index is 12.1. The van der Waals surface area contributed by atoms with E-state index in [9.17, 15) is 9.59 Å². The Morgan fingerprint density at radius 2 is 1.71 bits per heavy atom. The number of amides is 2. The Balaban J connectivity index is 1.40. The van der Waals surface area contributed by atoms with Crippen LogP contribution in [0.4, 0.5) is 0 Å². The first-order valence-electron chi connectivity index (χ1n) is 7.59. The lowest BCUT2D eigenvalue weighted by Gasteiger charge is -2.25. The van der Waals surface area contributed by atoms with Gasteiger partial charge in [-0.3, -0.25) is 9.59 Å². The number of nitrogens with one attached hydrogen (secondary N) is 3. The van der Waals surface area contributed by atoms with Gasteiger partial charge in [0.15, 0.2) is 0 Å². The molecule has 1 saturated carbocycles. The van der Waals surface area contributed by atoms with Crippen molar-refractivity contribution in [2.24, 2.45) is 5.92 Å². The zero-order chi connectivity index (χ0) is 14.7. The standard InChI is InChI=1S/C16H21N3O2/c20-15(11-5-6-11)17-7-8-18-16(21)14-9-12-3-1-2-4-13(12)10-19-14/h1-4,11,14,19H,5-10H2,(H,17,20)(H,18,21)/t14-/m1/s1. The molecule has 21 heavy (non-hydrogen) atoms. The van der Waals surface area contributed by atoms with Crippen molar-refractivity contribution in [1.82, 2.24) is 16.0 Å². The van der Waals surface area contributed by atoms with E-state index in [1.165, 1.54) is 11.1 Å². The Bertz CT molecular complexity index is 540. The quantitative estimate of drug-likeness (QED) is 0.684. The van der Waals surface area contributed by atoms with Gasteiger partial charge >= 0.3 is 0 Å². The number of hydrogen-bond donors (Lipinski definition) is 3. The predicted octanol–water partition coefficient (Wildman–Crippen LogP) is 0.343. The second kappa shape index (κ2) is 6.26. The van der Waals surface area contributed by atoms with Crippen LogP contribution in [-0.2, 0) is 22.6 Å². The van der Waals surface area contributed by atoms with Crippen LogP contribution >= 0.6 is 0 Å². The molecule has 3 rings (SSSR count). The lowest BCUT2D eigenvalue weighted by Crippen LogP contribution is -2.49.